The maximum atomic E-state index is 13.2. The van der Waals surface area contributed by atoms with Gasteiger partial charge in [-0.25, -0.2) is 9.59 Å². The van der Waals surface area contributed by atoms with Gasteiger partial charge in [0, 0.05) is 50.1 Å². The van der Waals surface area contributed by atoms with E-state index in [0.717, 1.165) is 0 Å². The molecule has 4 aliphatic rings. The van der Waals surface area contributed by atoms with Gasteiger partial charge in [0.05, 0.1) is 10.8 Å². The summed E-state index contributed by atoms with van der Waals surface area (Å²) in [5.41, 5.74) is -2.85. The summed E-state index contributed by atoms with van der Waals surface area (Å²) >= 11 is 0. The minimum atomic E-state index is -1.14. The number of carbonyl (C=O) groups is 8. The Labute approximate surface area is 330 Å². The number of ether oxygens (including phenoxy) is 3. The number of phenols is 1. The lowest BCUT2D eigenvalue weighted by molar-refractivity contribution is -0.157. The topological polar surface area (TPSA) is 197 Å². The van der Waals surface area contributed by atoms with Crippen LogP contribution in [-0.2, 0) is 38.2 Å². The molecule has 4 saturated heterocycles. The minimum absolute atomic E-state index is 0.00896. The van der Waals surface area contributed by atoms with Crippen LogP contribution in [0.1, 0.15) is 80.1 Å². The van der Waals surface area contributed by atoms with Crippen LogP contribution in [0.3, 0.4) is 0 Å². The van der Waals surface area contributed by atoms with Crippen molar-refractivity contribution >= 4 is 59.0 Å². The number of carbonyl (C=O) groups excluding carboxylic acids is 8. The van der Waals surface area contributed by atoms with Crippen LogP contribution in [0.5, 0.6) is 11.5 Å². The monoisotopic (exact) mass is 786 g/mol. The zero-order chi connectivity index (χ0) is 42.1. The Kier molecular flexibility index (Phi) is 11.6. The molecule has 0 aromatic heterocycles. The Bertz CT molecular complexity index is 2030. The quantitative estimate of drug-likeness (QED) is 0.332. The smallest absolute Gasteiger partial charge is 0.424 e. The van der Waals surface area contributed by atoms with E-state index in [0.29, 0.717) is 26.9 Å². The van der Waals surface area contributed by atoms with E-state index in [1.807, 2.05) is 0 Å². The van der Waals surface area contributed by atoms with Gasteiger partial charge in [0.25, 0.3) is 0 Å². The highest BCUT2D eigenvalue weighted by molar-refractivity contribution is 6.16. The third-order valence-corrected chi connectivity index (χ3v) is 9.73. The molecule has 57 heavy (non-hydrogen) atoms. The SMILES string of the molecule is C#CCOc1ccc(N2CC3(CCC(=O)N(C(=O)OC(C)(C)C)C3=O)CC2=O)cc1.CC(C)(C)OC(=O)N1C(=O)CCC2(CC(=O)N(c3ccc(O)cc3)C2)C1=O. The van der Waals surface area contributed by atoms with Gasteiger partial charge in [0.15, 0.2) is 0 Å². The normalized spacial score (nSPS) is 22.5. The summed E-state index contributed by atoms with van der Waals surface area (Å²) in [6.45, 7) is 10.2. The fraction of sp³-hybridized carbons (Fsp3) is 0.463. The fourth-order valence-corrected chi connectivity index (χ4v) is 7.05. The lowest BCUT2D eigenvalue weighted by Crippen LogP contribution is -2.55. The maximum absolute atomic E-state index is 13.2. The number of terminal acetylenes is 1. The number of likely N-dealkylation sites (tertiary alicyclic amines) is 2. The van der Waals surface area contributed by atoms with E-state index in [2.05, 4.69) is 5.92 Å². The number of imide groups is 6. The number of piperidine rings is 2. The van der Waals surface area contributed by atoms with Crippen LogP contribution in [-0.4, -0.2) is 93.4 Å². The van der Waals surface area contributed by atoms with E-state index in [1.165, 1.54) is 21.9 Å². The molecule has 0 bridgehead atoms. The van der Waals surface area contributed by atoms with Crippen LogP contribution < -0.4 is 14.5 Å². The first-order valence-corrected chi connectivity index (χ1v) is 18.4. The summed E-state index contributed by atoms with van der Waals surface area (Å²) in [5.74, 6) is -0.120. The van der Waals surface area contributed by atoms with Crippen LogP contribution in [0, 0.1) is 23.2 Å². The number of anilines is 2. The molecular formula is C41H46N4O12. The van der Waals surface area contributed by atoms with Gasteiger partial charge in [0.1, 0.15) is 29.3 Å². The molecule has 2 aromatic rings. The molecule has 2 aromatic carbocycles. The van der Waals surface area contributed by atoms with Crippen molar-refractivity contribution in [3.05, 3.63) is 48.5 Å². The Morgan fingerprint density at radius 2 is 1.05 bits per heavy atom. The molecule has 1 N–H and O–H groups in total. The van der Waals surface area contributed by atoms with Gasteiger partial charge in [-0.15, -0.1) is 6.42 Å². The second-order valence-electron chi connectivity index (χ2n) is 16.4. The molecule has 16 nitrogen and oxygen atoms in total. The summed E-state index contributed by atoms with van der Waals surface area (Å²) < 4.78 is 15.7. The lowest BCUT2D eigenvalue weighted by atomic mass is 9.78. The number of amides is 8. The first-order valence-electron chi connectivity index (χ1n) is 18.4. The number of phenolic OH excluding ortho intramolecular Hbond substituents is 1. The predicted octanol–water partition coefficient (Wildman–Crippen LogP) is 4.71. The molecule has 302 valence electrons. The van der Waals surface area contributed by atoms with Crippen molar-refractivity contribution in [1.82, 2.24) is 9.80 Å². The molecule has 2 atom stereocenters. The molecule has 0 radical (unpaired) electrons. The van der Waals surface area contributed by atoms with E-state index < -0.39 is 57.8 Å². The minimum Gasteiger partial charge on any atom is -0.508 e. The van der Waals surface area contributed by atoms with Crippen molar-refractivity contribution in [2.45, 2.75) is 91.3 Å². The average molecular weight is 787 g/mol. The summed E-state index contributed by atoms with van der Waals surface area (Å²) in [4.78, 5) is 105. The van der Waals surface area contributed by atoms with Gasteiger partial charge >= 0.3 is 12.2 Å². The van der Waals surface area contributed by atoms with Gasteiger partial charge in [0.2, 0.25) is 35.4 Å². The average Bonchev–Trinajstić information content (AvgIpc) is 3.64. The molecule has 2 spiro atoms. The molecule has 4 aliphatic heterocycles. The zero-order valence-electron chi connectivity index (χ0n) is 32.8. The number of nitrogens with zero attached hydrogens (tertiary/aromatic N) is 4. The van der Waals surface area contributed by atoms with Crippen LogP contribution >= 0.6 is 0 Å². The van der Waals surface area contributed by atoms with E-state index in [-0.39, 0.29) is 75.8 Å². The number of rotatable bonds is 4. The van der Waals surface area contributed by atoms with Crippen LogP contribution in [0.4, 0.5) is 21.0 Å². The Morgan fingerprint density at radius 3 is 1.42 bits per heavy atom. The molecule has 2 unspecified atom stereocenters. The molecule has 0 saturated carbocycles. The Morgan fingerprint density at radius 1 is 0.667 bits per heavy atom. The number of hydrogen-bond acceptors (Lipinski definition) is 12. The standard InChI is InChI=1S/C22H24N2O6.C19H22N2O6/c1-5-12-29-16-8-6-15(7-9-16)23-14-22(13-18(23)26)11-10-17(25)24(19(22)27)20(28)30-21(2,3)4;1-18(2,3)27-17(26)21-14(23)8-9-19(16(21)25)10-15(24)20(11-19)12-4-6-13(22)7-5-12/h1,6-9H,10-14H2,2-4H3;4-7,22H,8-11H2,1-3H3. The van der Waals surface area contributed by atoms with Crippen molar-refractivity contribution in [3.63, 3.8) is 0 Å². The molecule has 8 amide bonds. The van der Waals surface area contributed by atoms with E-state index >= 15 is 0 Å². The van der Waals surface area contributed by atoms with Crippen molar-refractivity contribution in [1.29, 1.82) is 0 Å². The number of benzene rings is 2. The first-order chi connectivity index (χ1) is 26.6. The highest BCUT2D eigenvalue weighted by Crippen LogP contribution is 2.44. The van der Waals surface area contributed by atoms with Crippen molar-refractivity contribution in [3.8, 4) is 23.8 Å². The summed E-state index contributed by atoms with van der Waals surface area (Å²) in [6.07, 6.45) is 3.38. The number of aromatic hydroxyl groups is 1. The second-order valence-corrected chi connectivity index (χ2v) is 16.4. The largest absolute Gasteiger partial charge is 0.508 e. The molecule has 0 aliphatic carbocycles. The van der Waals surface area contributed by atoms with Crippen LogP contribution in [0.15, 0.2) is 48.5 Å². The Balaban J connectivity index is 0.000000219. The van der Waals surface area contributed by atoms with Crippen molar-refractivity contribution in [2.75, 3.05) is 29.5 Å². The third-order valence-electron chi connectivity index (χ3n) is 9.73. The predicted molar refractivity (Wildman–Crippen MR) is 202 cm³/mol. The van der Waals surface area contributed by atoms with E-state index in [1.54, 1.807) is 77.9 Å². The first kappa shape index (κ1) is 41.9. The summed E-state index contributed by atoms with van der Waals surface area (Å²) in [5, 5.41) is 9.41. The molecule has 16 heteroatoms. The molecular weight excluding hydrogens is 740 g/mol. The lowest BCUT2D eigenvalue weighted by Gasteiger charge is -2.36. The second kappa shape index (κ2) is 15.7. The van der Waals surface area contributed by atoms with Gasteiger partial charge in [-0.1, -0.05) is 5.92 Å². The van der Waals surface area contributed by atoms with E-state index in [9.17, 15) is 43.5 Å². The summed E-state index contributed by atoms with van der Waals surface area (Å²) in [7, 11) is 0. The molecule has 4 fully saturated rings. The fourth-order valence-electron chi connectivity index (χ4n) is 7.05. The van der Waals surface area contributed by atoms with E-state index in [4.69, 9.17) is 20.6 Å². The highest BCUT2D eigenvalue weighted by Gasteiger charge is 2.58. The number of hydrogen-bond donors (Lipinski definition) is 1. The van der Waals surface area contributed by atoms with Crippen LogP contribution in [0.25, 0.3) is 0 Å². The highest BCUT2D eigenvalue weighted by atomic mass is 16.6. The maximum Gasteiger partial charge on any atom is 0.424 e. The summed E-state index contributed by atoms with van der Waals surface area (Å²) in [6, 6.07) is 12.8. The third kappa shape index (κ3) is 9.09. The van der Waals surface area contributed by atoms with Gasteiger partial charge in [-0.05, 0) is 103 Å². The van der Waals surface area contributed by atoms with Crippen molar-refractivity contribution < 1.29 is 57.7 Å². The van der Waals surface area contributed by atoms with Gasteiger partial charge in [-0.3, -0.25) is 28.8 Å². The van der Waals surface area contributed by atoms with Gasteiger partial charge in [-0.2, -0.15) is 9.80 Å². The molecule has 4 heterocycles. The zero-order valence-corrected chi connectivity index (χ0v) is 32.8. The molecule has 6 rings (SSSR count). The Hall–Kier alpha value is -6.24. The van der Waals surface area contributed by atoms with Crippen molar-refractivity contribution in [2.24, 2.45) is 10.8 Å². The van der Waals surface area contributed by atoms with Crippen LogP contribution in [0.2, 0.25) is 0 Å². The van der Waals surface area contributed by atoms with Gasteiger partial charge < -0.3 is 29.1 Å².